The van der Waals surface area contributed by atoms with Crippen molar-refractivity contribution >= 4 is 27.5 Å². The predicted molar refractivity (Wildman–Crippen MR) is 78.0 cm³/mol. The van der Waals surface area contributed by atoms with Gasteiger partial charge in [0.05, 0.1) is 10.3 Å². The Hall–Kier alpha value is -0.770. The molecule has 1 aromatic heterocycles. The highest BCUT2D eigenvalue weighted by Crippen LogP contribution is 2.29. The highest BCUT2D eigenvalue weighted by Gasteiger charge is 2.18. The Bertz CT molecular complexity index is 533. The predicted octanol–water partition coefficient (Wildman–Crippen LogP) is 4.57. The van der Waals surface area contributed by atoms with E-state index in [1.807, 2.05) is 24.3 Å². The zero-order valence-corrected chi connectivity index (χ0v) is 12.6. The number of rotatable bonds is 3. The van der Waals surface area contributed by atoms with Gasteiger partial charge in [-0.2, -0.15) is 0 Å². The van der Waals surface area contributed by atoms with E-state index < -0.39 is 6.10 Å². The standard InChI is InChI=1S/C14H15BrClNO/c1-9(2)17-12(7-8-13(17)15)14(18)10-3-5-11(16)6-4-10/h3-9,14,18H,1-2H3. The van der Waals surface area contributed by atoms with Crippen LogP contribution in [0.25, 0.3) is 0 Å². The molecule has 1 unspecified atom stereocenters. The number of benzene rings is 1. The average molecular weight is 329 g/mol. The summed E-state index contributed by atoms with van der Waals surface area (Å²) in [4.78, 5) is 0. The van der Waals surface area contributed by atoms with Crippen LogP contribution in [0.15, 0.2) is 41.0 Å². The Morgan fingerprint density at radius 2 is 1.72 bits per heavy atom. The molecule has 0 amide bonds. The summed E-state index contributed by atoms with van der Waals surface area (Å²) >= 11 is 9.35. The normalized spacial score (nSPS) is 13.0. The largest absolute Gasteiger partial charge is 0.382 e. The van der Waals surface area contributed by atoms with Gasteiger partial charge in [0, 0.05) is 11.1 Å². The third-order valence-corrected chi connectivity index (χ3v) is 3.78. The summed E-state index contributed by atoms with van der Waals surface area (Å²) in [5, 5.41) is 11.1. The maximum atomic E-state index is 10.4. The number of halogens is 2. The van der Waals surface area contributed by atoms with Crippen molar-refractivity contribution in [2.45, 2.75) is 26.0 Å². The average Bonchev–Trinajstić information content (AvgIpc) is 2.71. The highest BCUT2D eigenvalue weighted by molar-refractivity contribution is 9.10. The van der Waals surface area contributed by atoms with Gasteiger partial charge in [-0.15, -0.1) is 0 Å². The molecule has 4 heteroatoms. The summed E-state index contributed by atoms with van der Waals surface area (Å²) < 4.78 is 3.04. The molecule has 1 N–H and O–H groups in total. The number of hydrogen-bond acceptors (Lipinski definition) is 1. The zero-order chi connectivity index (χ0) is 13.3. The maximum Gasteiger partial charge on any atom is 0.119 e. The van der Waals surface area contributed by atoms with Gasteiger partial charge in [0.1, 0.15) is 6.10 Å². The molecule has 2 aromatic rings. The van der Waals surface area contributed by atoms with Crippen LogP contribution in [-0.4, -0.2) is 9.67 Å². The fraction of sp³-hybridized carbons (Fsp3) is 0.286. The van der Waals surface area contributed by atoms with Crippen LogP contribution in [0.5, 0.6) is 0 Å². The summed E-state index contributed by atoms with van der Waals surface area (Å²) in [7, 11) is 0. The van der Waals surface area contributed by atoms with Crippen molar-refractivity contribution in [3.63, 3.8) is 0 Å². The number of aliphatic hydroxyl groups is 1. The Labute approximate surface area is 120 Å². The van der Waals surface area contributed by atoms with E-state index in [1.54, 1.807) is 12.1 Å². The van der Waals surface area contributed by atoms with Gasteiger partial charge < -0.3 is 9.67 Å². The van der Waals surface area contributed by atoms with E-state index in [0.29, 0.717) is 5.02 Å². The molecule has 1 atom stereocenters. The lowest BCUT2D eigenvalue weighted by Gasteiger charge is -2.19. The minimum Gasteiger partial charge on any atom is -0.382 e. The quantitative estimate of drug-likeness (QED) is 0.877. The second-order valence-corrected chi connectivity index (χ2v) is 5.75. The first-order valence-corrected chi connectivity index (χ1v) is 6.98. The maximum absolute atomic E-state index is 10.4. The fourth-order valence-electron chi connectivity index (χ4n) is 2.02. The summed E-state index contributed by atoms with van der Waals surface area (Å²) in [5.74, 6) is 0. The van der Waals surface area contributed by atoms with Gasteiger partial charge in [-0.05, 0) is 59.6 Å². The van der Waals surface area contributed by atoms with Crippen LogP contribution >= 0.6 is 27.5 Å². The first-order valence-electron chi connectivity index (χ1n) is 5.81. The molecule has 18 heavy (non-hydrogen) atoms. The second-order valence-electron chi connectivity index (χ2n) is 4.50. The number of hydrogen-bond donors (Lipinski definition) is 1. The van der Waals surface area contributed by atoms with Crippen molar-refractivity contribution in [1.82, 2.24) is 4.57 Å². The SMILES string of the molecule is CC(C)n1c(Br)ccc1C(O)c1ccc(Cl)cc1. The van der Waals surface area contributed by atoms with Gasteiger partial charge in [0.15, 0.2) is 0 Å². The first kappa shape index (κ1) is 13.7. The van der Waals surface area contributed by atoms with Crippen molar-refractivity contribution in [3.05, 3.63) is 57.3 Å². The van der Waals surface area contributed by atoms with Crippen LogP contribution in [0.3, 0.4) is 0 Å². The molecule has 0 saturated carbocycles. The van der Waals surface area contributed by atoms with Gasteiger partial charge in [0.25, 0.3) is 0 Å². The van der Waals surface area contributed by atoms with Crippen LogP contribution in [0.1, 0.15) is 37.3 Å². The van der Waals surface area contributed by atoms with E-state index in [1.165, 1.54) is 0 Å². The molecule has 2 nitrogen and oxygen atoms in total. The summed E-state index contributed by atoms with van der Waals surface area (Å²) in [6.07, 6.45) is -0.643. The molecule has 1 heterocycles. The molecule has 0 aliphatic rings. The third kappa shape index (κ3) is 2.63. The van der Waals surface area contributed by atoms with Crippen molar-refractivity contribution in [1.29, 1.82) is 0 Å². The van der Waals surface area contributed by atoms with Crippen LogP contribution in [-0.2, 0) is 0 Å². The van der Waals surface area contributed by atoms with E-state index in [-0.39, 0.29) is 6.04 Å². The molecular weight excluding hydrogens is 314 g/mol. The minimum absolute atomic E-state index is 0.284. The summed E-state index contributed by atoms with van der Waals surface area (Å²) in [6, 6.07) is 11.4. The highest BCUT2D eigenvalue weighted by atomic mass is 79.9. The molecule has 0 fully saturated rings. The third-order valence-electron chi connectivity index (χ3n) is 2.88. The lowest BCUT2D eigenvalue weighted by molar-refractivity contribution is 0.207. The van der Waals surface area contributed by atoms with Crippen LogP contribution in [0, 0.1) is 0 Å². The number of aliphatic hydroxyl groups excluding tert-OH is 1. The molecule has 1 aromatic carbocycles. The Morgan fingerprint density at radius 1 is 1.11 bits per heavy atom. The topological polar surface area (TPSA) is 25.2 Å². The van der Waals surface area contributed by atoms with Gasteiger partial charge >= 0.3 is 0 Å². The Morgan fingerprint density at radius 3 is 2.28 bits per heavy atom. The Balaban J connectivity index is 2.40. The van der Waals surface area contributed by atoms with Crippen molar-refractivity contribution in [2.24, 2.45) is 0 Å². The van der Waals surface area contributed by atoms with Crippen molar-refractivity contribution in [3.8, 4) is 0 Å². The number of aromatic nitrogens is 1. The van der Waals surface area contributed by atoms with Crippen LogP contribution < -0.4 is 0 Å². The van der Waals surface area contributed by atoms with Crippen molar-refractivity contribution in [2.75, 3.05) is 0 Å². The zero-order valence-electron chi connectivity index (χ0n) is 10.3. The van der Waals surface area contributed by atoms with E-state index >= 15 is 0 Å². The molecule has 2 rings (SSSR count). The van der Waals surface area contributed by atoms with E-state index in [4.69, 9.17) is 11.6 Å². The van der Waals surface area contributed by atoms with E-state index in [9.17, 15) is 5.11 Å². The van der Waals surface area contributed by atoms with Crippen LogP contribution in [0.4, 0.5) is 0 Å². The Kier molecular flexibility index (Phi) is 4.15. The van der Waals surface area contributed by atoms with E-state index in [2.05, 4.69) is 34.3 Å². The van der Waals surface area contributed by atoms with Gasteiger partial charge in [-0.1, -0.05) is 23.7 Å². The second kappa shape index (κ2) is 5.47. The van der Waals surface area contributed by atoms with Gasteiger partial charge in [0.2, 0.25) is 0 Å². The molecular formula is C14H15BrClNO. The molecule has 0 radical (unpaired) electrons. The smallest absolute Gasteiger partial charge is 0.119 e. The molecule has 96 valence electrons. The molecule has 0 aliphatic carbocycles. The van der Waals surface area contributed by atoms with Gasteiger partial charge in [-0.25, -0.2) is 0 Å². The minimum atomic E-state index is -0.643. The lowest BCUT2D eigenvalue weighted by Crippen LogP contribution is -2.11. The van der Waals surface area contributed by atoms with Crippen molar-refractivity contribution < 1.29 is 5.11 Å². The fourth-order valence-corrected chi connectivity index (χ4v) is 2.89. The summed E-state index contributed by atoms with van der Waals surface area (Å²) in [6.45, 7) is 4.17. The molecule has 0 spiro atoms. The van der Waals surface area contributed by atoms with E-state index in [0.717, 1.165) is 15.9 Å². The lowest BCUT2D eigenvalue weighted by atomic mass is 10.1. The van der Waals surface area contributed by atoms with Crippen LogP contribution in [0.2, 0.25) is 5.02 Å². The molecule has 0 aliphatic heterocycles. The number of nitrogens with zero attached hydrogens (tertiary/aromatic N) is 1. The monoisotopic (exact) mass is 327 g/mol. The molecule has 0 bridgehead atoms. The molecule has 0 saturated heterocycles. The summed E-state index contributed by atoms with van der Waals surface area (Å²) in [5.41, 5.74) is 1.71. The first-order chi connectivity index (χ1) is 8.50. The van der Waals surface area contributed by atoms with Gasteiger partial charge in [-0.3, -0.25) is 0 Å².